The second-order valence-corrected chi connectivity index (χ2v) is 8.39. The molecule has 0 aliphatic rings. The second-order valence-electron chi connectivity index (χ2n) is 6.25. The van der Waals surface area contributed by atoms with E-state index in [1.807, 2.05) is 13.8 Å². The van der Waals surface area contributed by atoms with Gasteiger partial charge in [-0.3, -0.25) is 0 Å². The molecule has 0 amide bonds. The van der Waals surface area contributed by atoms with Crippen molar-refractivity contribution in [3.05, 3.63) is 22.8 Å². The molecule has 120 valence electrons. The van der Waals surface area contributed by atoms with Gasteiger partial charge >= 0.3 is 0 Å². The van der Waals surface area contributed by atoms with Gasteiger partial charge in [0.05, 0.1) is 0 Å². The summed E-state index contributed by atoms with van der Waals surface area (Å²) < 4.78 is 22.7. The Morgan fingerprint density at radius 3 is 2.00 bits per heavy atom. The Labute approximate surface area is 128 Å². The first-order chi connectivity index (χ1) is 9.60. The Morgan fingerprint density at radius 1 is 1.05 bits per heavy atom. The Bertz CT molecular complexity index is 560. The van der Waals surface area contributed by atoms with Crippen molar-refractivity contribution in [3.8, 4) is 0 Å². The maximum atomic E-state index is 11.4. The number of rotatable bonds is 7. The third-order valence-corrected chi connectivity index (χ3v) is 4.04. The first kappa shape index (κ1) is 18.0. The highest BCUT2D eigenvalue weighted by molar-refractivity contribution is 7.89. The standard InChI is InChI=1S/C15H27N3O2S/c1-10(2)7-16-8-11(3)15-12(4)17-14(18-13(15)5)9-21(6,19)20/h10-11,16H,7-9H2,1-6H3. The summed E-state index contributed by atoms with van der Waals surface area (Å²) in [5, 5.41) is 3.44. The van der Waals surface area contributed by atoms with Crippen LogP contribution in [-0.4, -0.2) is 37.7 Å². The van der Waals surface area contributed by atoms with Gasteiger partial charge < -0.3 is 5.32 Å². The molecule has 1 unspecified atom stereocenters. The lowest BCUT2D eigenvalue weighted by Crippen LogP contribution is -2.25. The van der Waals surface area contributed by atoms with Gasteiger partial charge in [-0.25, -0.2) is 18.4 Å². The van der Waals surface area contributed by atoms with Crippen molar-refractivity contribution in [2.45, 2.75) is 46.3 Å². The van der Waals surface area contributed by atoms with Crippen LogP contribution in [0.25, 0.3) is 0 Å². The van der Waals surface area contributed by atoms with E-state index < -0.39 is 9.84 Å². The number of nitrogens with zero attached hydrogens (tertiary/aromatic N) is 2. The van der Waals surface area contributed by atoms with Crippen LogP contribution in [0.2, 0.25) is 0 Å². The summed E-state index contributed by atoms with van der Waals surface area (Å²) in [6.45, 7) is 12.2. The number of nitrogens with one attached hydrogen (secondary N) is 1. The fourth-order valence-corrected chi connectivity index (χ4v) is 3.10. The van der Waals surface area contributed by atoms with Crippen LogP contribution in [0.15, 0.2) is 0 Å². The largest absolute Gasteiger partial charge is 0.316 e. The molecule has 0 saturated heterocycles. The van der Waals surface area contributed by atoms with Gasteiger partial charge in [-0.2, -0.15) is 0 Å². The Morgan fingerprint density at radius 2 is 1.57 bits per heavy atom. The highest BCUT2D eigenvalue weighted by Gasteiger charge is 2.16. The maximum Gasteiger partial charge on any atom is 0.154 e. The van der Waals surface area contributed by atoms with Crippen molar-refractivity contribution in [1.82, 2.24) is 15.3 Å². The molecule has 0 aliphatic carbocycles. The summed E-state index contributed by atoms with van der Waals surface area (Å²) in [7, 11) is -3.10. The zero-order valence-corrected chi connectivity index (χ0v) is 14.7. The van der Waals surface area contributed by atoms with Crippen LogP contribution in [-0.2, 0) is 15.6 Å². The quantitative estimate of drug-likeness (QED) is 0.833. The predicted octanol–water partition coefficient (Wildman–Crippen LogP) is 1.99. The number of sulfone groups is 1. The molecule has 0 fully saturated rings. The minimum Gasteiger partial charge on any atom is -0.316 e. The van der Waals surface area contributed by atoms with Crippen molar-refractivity contribution < 1.29 is 8.42 Å². The van der Waals surface area contributed by atoms with Crippen LogP contribution >= 0.6 is 0 Å². The Hall–Kier alpha value is -1.01. The van der Waals surface area contributed by atoms with E-state index in [9.17, 15) is 8.42 Å². The average molecular weight is 313 g/mol. The smallest absolute Gasteiger partial charge is 0.154 e. The third-order valence-electron chi connectivity index (χ3n) is 3.26. The van der Waals surface area contributed by atoms with Crippen LogP contribution in [0.3, 0.4) is 0 Å². The number of aryl methyl sites for hydroxylation is 2. The topological polar surface area (TPSA) is 72.0 Å². The van der Waals surface area contributed by atoms with Crippen molar-refractivity contribution in [3.63, 3.8) is 0 Å². The predicted molar refractivity (Wildman–Crippen MR) is 86.2 cm³/mol. The van der Waals surface area contributed by atoms with E-state index in [1.165, 1.54) is 6.26 Å². The molecule has 1 heterocycles. The molecule has 1 N–H and O–H groups in total. The zero-order valence-electron chi connectivity index (χ0n) is 13.9. The molecule has 5 nitrogen and oxygen atoms in total. The molecule has 0 radical (unpaired) electrons. The molecule has 1 atom stereocenters. The average Bonchev–Trinajstić information content (AvgIpc) is 2.24. The Kier molecular flexibility index (Phi) is 6.28. The molecule has 21 heavy (non-hydrogen) atoms. The lowest BCUT2D eigenvalue weighted by molar-refractivity contribution is 0.525. The fraction of sp³-hybridized carbons (Fsp3) is 0.733. The van der Waals surface area contributed by atoms with Crippen LogP contribution in [0.1, 0.15) is 49.5 Å². The van der Waals surface area contributed by atoms with Crippen LogP contribution in [0, 0.1) is 19.8 Å². The van der Waals surface area contributed by atoms with Gasteiger partial charge in [0.25, 0.3) is 0 Å². The molecule has 1 rings (SSSR count). The van der Waals surface area contributed by atoms with Gasteiger partial charge in [0.15, 0.2) is 9.84 Å². The molecule has 1 aromatic heterocycles. The van der Waals surface area contributed by atoms with E-state index in [2.05, 4.69) is 36.1 Å². The van der Waals surface area contributed by atoms with Gasteiger partial charge in [0.1, 0.15) is 11.6 Å². The molecular formula is C15H27N3O2S. The molecular weight excluding hydrogens is 286 g/mol. The van der Waals surface area contributed by atoms with Gasteiger partial charge in [-0.15, -0.1) is 0 Å². The molecule has 0 aromatic carbocycles. The van der Waals surface area contributed by atoms with E-state index in [0.29, 0.717) is 17.7 Å². The lowest BCUT2D eigenvalue weighted by atomic mass is 9.98. The summed E-state index contributed by atoms with van der Waals surface area (Å²) in [6, 6.07) is 0. The van der Waals surface area contributed by atoms with Crippen molar-refractivity contribution in [2.24, 2.45) is 5.92 Å². The van der Waals surface area contributed by atoms with Crippen molar-refractivity contribution in [1.29, 1.82) is 0 Å². The van der Waals surface area contributed by atoms with E-state index in [-0.39, 0.29) is 5.75 Å². The van der Waals surface area contributed by atoms with Crippen LogP contribution in [0.5, 0.6) is 0 Å². The third kappa shape index (κ3) is 6.09. The summed E-state index contributed by atoms with van der Waals surface area (Å²) in [5.41, 5.74) is 2.86. The summed E-state index contributed by atoms with van der Waals surface area (Å²) in [6.07, 6.45) is 1.20. The summed E-state index contributed by atoms with van der Waals surface area (Å²) in [5.74, 6) is 1.21. The number of hydrogen-bond donors (Lipinski definition) is 1. The van der Waals surface area contributed by atoms with Crippen molar-refractivity contribution >= 4 is 9.84 Å². The highest BCUT2D eigenvalue weighted by Crippen LogP contribution is 2.21. The molecule has 0 bridgehead atoms. The molecule has 1 aromatic rings. The number of hydrogen-bond acceptors (Lipinski definition) is 5. The highest BCUT2D eigenvalue weighted by atomic mass is 32.2. The first-order valence-electron chi connectivity index (χ1n) is 7.32. The second kappa shape index (κ2) is 7.31. The molecule has 0 saturated carbocycles. The van der Waals surface area contributed by atoms with Crippen molar-refractivity contribution in [2.75, 3.05) is 19.3 Å². The molecule has 0 spiro atoms. The zero-order chi connectivity index (χ0) is 16.2. The van der Waals surface area contributed by atoms with Gasteiger partial charge in [-0.05, 0) is 37.8 Å². The van der Waals surface area contributed by atoms with Crippen LogP contribution < -0.4 is 5.32 Å². The fourth-order valence-electron chi connectivity index (χ4n) is 2.50. The molecule has 0 aliphatic heterocycles. The first-order valence-corrected chi connectivity index (χ1v) is 9.38. The summed E-state index contributed by atoms with van der Waals surface area (Å²) >= 11 is 0. The van der Waals surface area contributed by atoms with E-state index in [4.69, 9.17) is 0 Å². The minimum atomic E-state index is -3.10. The van der Waals surface area contributed by atoms with Crippen LogP contribution in [0.4, 0.5) is 0 Å². The van der Waals surface area contributed by atoms with Gasteiger partial charge in [-0.1, -0.05) is 20.8 Å². The van der Waals surface area contributed by atoms with Gasteiger partial charge in [0.2, 0.25) is 0 Å². The SMILES string of the molecule is Cc1nc(CS(C)(=O)=O)nc(C)c1C(C)CNCC(C)C. The van der Waals surface area contributed by atoms with E-state index in [0.717, 1.165) is 30.0 Å². The maximum absolute atomic E-state index is 11.4. The van der Waals surface area contributed by atoms with E-state index >= 15 is 0 Å². The van der Waals surface area contributed by atoms with Gasteiger partial charge in [0, 0.05) is 24.2 Å². The summed E-state index contributed by atoms with van der Waals surface area (Å²) in [4.78, 5) is 8.73. The normalized spacial score (nSPS) is 13.7. The van der Waals surface area contributed by atoms with E-state index in [1.54, 1.807) is 0 Å². The minimum absolute atomic E-state index is 0.102. The number of aromatic nitrogens is 2. The lowest BCUT2D eigenvalue weighted by Gasteiger charge is -2.18. The Balaban J connectivity index is 2.89. The monoisotopic (exact) mass is 313 g/mol. The molecule has 6 heteroatoms.